The fourth-order valence-corrected chi connectivity index (χ4v) is 1.71. The van der Waals surface area contributed by atoms with E-state index in [1.165, 1.54) is 11.1 Å². The maximum atomic E-state index is 8.79. The van der Waals surface area contributed by atoms with Crippen molar-refractivity contribution in [3.8, 4) is 0 Å². The molecule has 0 aromatic heterocycles. The second kappa shape index (κ2) is 8.23. The van der Waals surface area contributed by atoms with E-state index < -0.39 is 0 Å². The summed E-state index contributed by atoms with van der Waals surface area (Å²) in [6.45, 7) is 4.91. The van der Waals surface area contributed by atoms with Gasteiger partial charge in [-0.05, 0) is 30.0 Å². The highest BCUT2D eigenvalue weighted by molar-refractivity contribution is 5.21. The van der Waals surface area contributed by atoms with E-state index in [-0.39, 0.29) is 6.61 Å². The van der Waals surface area contributed by atoms with Gasteiger partial charge in [0.05, 0.1) is 6.61 Å². The van der Waals surface area contributed by atoms with Gasteiger partial charge in [0.1, 0.15) is 0 Å². The molecule has 0 amide bonds. The number of hydrogen-bond donors (Lipinski definition) is 2. The molecule has 17 heavy (non-hydrogen) atoms. The van der Waals surface area contributed by atoms with Crippen LogP contribution < -0.4 is 5.32 Å². The number of rotatable bonds is 8. The zero-order chi connectivity index (χ0) is 12.5. The topological polar surface area (TPSA) is 41.5 Å². The van der Waals surface area contributed by atoms with Gasteiger partial charge in [-0.15, -0.1) is 0 Å². The summed E-state index contributed by atoms with van der Waals surface area (Å²) in [6.07, 6.45) is 0.861. The Morgan fingerprint density at radius 1 is 1.24 bits per heavy atom. The van der Waals surface area contributed by atoms with Gasteiger partial charge in [-0.2, -0.15) is 0 Å². The van der Waals surface area contributed by atoms with Crippen LogP contribution in [0, 0.1) is 5.92 Å². The van der Waals surface area contributed by atoms with Gasteiger partial charge in [-0.3, -0.25) is 0 Å². The molecule has 0 aliphatic heterocycles. The van der Waals surface area contributed by atoms with Crippen LogP contribution in [0.3, 0.4) is 0 Å². The number of ether oxygens (including phenoxy) is 1. The predicted octanol–water partition coefficient (Wildman–Crippen LogP) is 1.94. The van der Waals surface area contributed by atoms with Gasteiger partial charge in [-0.1, -0.05) is 31.2 Å². The zero-order valence-corrected chi connectivity index (χ0v) is 10.8. The van der Waals surface area contributed by atoms with Crippen molar-refractivity contribution >= 4 is 0 Å². The minimum atomic E-state index is 0.272. The Kier molecular flexibility index (Phi) is 6.86. The number of hydrogen-bond acceptors (Lipinski definition) is 3. The van der Waals surface area contributed by atoms with Crippen LogP contribution in [0.1, 0.15) is 24.5 Å². The molecule has 0 heterocycles. The van der Waals surface area contributed by atoms with Gasteiger partial charge >= 0.3 is 0 Å². The monoisotopic (exact) mass is 237 g/mol. The van der Waals surface area contributed by atoms with E-state index in [9.17, 15) is 0 Å². The molecule has 1 aromatic carbocycles. The molecule has 1 rings (SSSR count). The molecule has 1 atom stereocenters. The summed E-state index contributed by atoms with van der Waals surface area (Å²) in [4.78, 5) is 0. The van der Waals surface area contributed by atoms with Crippen molar-refractivity contribution in [3.05, 3.63) is 35.4 Å². The van der Waals surface area contributed by atoms with E-state index in [0.717, 1.165) is 19.5 Å². The molecule has 96 valence electrons. The van der Waals surface area contributed by atoms with Crippen LogP contribution >= 0.6 is 0 Å². The fourth-order valence-electron chi connectivity index (χ4n) is 1.71. The van der Waals surface area contributed by atoms with Crippen LogP contribution in [0.4, 0.5) is 0 Å². The number of methoxy groups -OCH3 is 1. The van der Waals surface area contributed by atoms with Crippen LogP contribution in [0.2, 0.25) is 0 Å². The van der Waals surface area contributed by atoms with Crippen LogP contribution in [0.5, 0.6) is 0 Å². The van der Waals surface area contributed by atoms with Gasteiger partial charge < -0.3 is 15.2 Å². The van der Waals surface area contributed by atoms with E-state index in [0.29, 0.717) is 12.5 Å². The standard InChI is InChI=1S/C14H23NO2/c1-12(7-8-16)9-15-10-13-3-5-14(6-4-13)11-17-2/h3-6,12,15-16H,7-11H2,1-2H3. The van der Waals surface area contributed by atoms with Crippen molar-refractivity contribution in [3.63, 3.8) is 0 Å². The number of aliphatic hydroxyl groups is 1. The molecule has 1 unspecified atom stereocenters. The molecule has 0 bridgehead atoms. The summed E-state index contributed by atoms with van der Waals surface area (Å²) in [5.41, 5.74) is 2.48. The van der Waals surface area contributed by atoms with Crippen LogP contribution in [0.25, 0.3) is 0 Å². The van der Waals surface area contributed by atoms with Gasteiger partial charge in [0, 0.05) is 20.3 Å². The molecule has 2 N–H and O–H groups in total. The van der Waals surface area contributed by atoms with Crippen molar-refractivity contribution in [2.24, 2.45) is 5.92 Å². The SMILES string of the molecule is COCc1ccc(CNCC(C)CCO)cc1. The van der Waals surface area contributed by atoms with Gasteiger partial charge in [0.2, 0.25) is 0 Å². The van der Waals surface area contributed by atoms with Gasteiger partial charge in [0.25, 0.3) is 0 Å². The molecule has 0 fully saturated rings. The normalized spacial score (nSPS) is 12.6. The van der Waals surface area contributed by atoms with Crippen LogP contribution in [-0.2, 0) is 17.9 Å². The van der Waals surface area contributed by atoms with Crippen molar-refractivity contribution in [1.82, 2.24) is 5.32 Å². The predicted molar refractivity (Wildman–Crippen MR) is 69.7 cm³/mol. The highest BCUT2D eigenvalue weighted by atomic mass is 16.5. The van der Waals surface area contributed by atoms with E-state index in [2.05, 4.69) is 36.5 Å². The Morgan fingerprint density at radius 2 is 1.88 bits per heavy atom. The number of aliphatic hydroxyl groups excluding tert-OH is 1. The Labute approximate surface area is 104 Å². The van der Waals surface area contributed by atoms with E-state index in [1.807, 2.05) is 0 Å². The number of nitrogens with one attached hydrogen (secondary N) is 1. The second-order valence-corrected chi connectivity index (χ2v) is 4.50. The first-order chi connectivity index (χ1) is 8.26. The highest BCUT2D eigenvalue weighted by Gasteiger charge is 2.00. The first-order valence-electron chi connectivity index (χ1n) is 6.14. The van der Waals surface area contributed by atoms with E-state index in [4.69, 9.17) is 9.84 Å². The third-order valence-electron chi connectivity index (χ3n) is 2.78. The molecule has 0 aliphatic rings. The molecule has 3 nitrogen and oxygen atoms in total. The lowest BCUT2D eigenvalue weighted by Crippen LogP contribution is -2.21. The maximum Gasteiger partial charge on any atom is 0.0713 e. The van der Waals surface area contributed by atoms with E-state index in [1.54, 1.807) is 7.11 Å². The lowest BCUT2D eigenvalue weighted by atomic mass is 10.1. The molecular formula is C14H23NO2. The molecule has 0 aliphatic carbocycles. The largest absolute Gasteiger partial charge is 0.396 e. The molecule has 0 spiro atoms. The molecule has 1 aromatic rings. The summed E-state index contributed by atoms with van der Waals surface area (Å²) in [5.74, 6) is 0.521. The smallest absolute Gasteiger partial charge is 0.0713 e. The van der Waals surface area contributed by atoms with Gasteiger partial charge in [0.15, 0.2) is 0 Å². The Hall–Kier alpha value is -0.900. The van der Waals surface area contributed by atoms with Crippen molar-refractivity contribution < 1.29 is 9.84 Å². The lowest BCUT2D eigenvalue weighted by Gasteiger charge is -2.11. The first kappa shape index (κ1) is 14.2. The molecule has 0 saturated heterocycles. The van der Waals surface area contributed by atoms with Crippen LogP contribution in [0.15, 0.2) is 24.3 Å². The summed E-state index contributed by atoms with van der Waals surface area (Å²) in [5, 5.41) is 12.2. The third kappa shape index (κ3) is 5.82. The average molecular weight is 237 g/mol. The minimum absolute atomic E-state index is 0.272. The zero-order valence-electron chi connectivity index (χ0n) is 10.8. The summed E-state index contributed by atoms with van der Waals surface area (Å²) in [7, 11) is 1.71. The summed E-state index contributed by atoms with van der Waals surface area (Å²) < 4.78 is 5.07. The molecular weight excluding hydrogens is 214 g/mol. The minimum Gasteiger partial charge on any atom is -0.396 e. The summed E-state index contributed by atoms with van der Waals surface area (Å²) in [6, 6.07) is 8.44. The van der Waals surface area contributed by atoms with Crippen molar-refractivity contribution in [2.45, 2.75) is 26.5 Å². The Morgan fingerprint density at radius 3 is 2.47 bits per heavy atom. The molecule has 3 heteroatoms. The van der Waals surface area contributed by atoms with Crippen molar-refractivity contribution in [1.29, 1.82) is 0 Å². The van der Waals surface area contributed by atoms with Crippen molar-refractivity contribution in [2.75, 3.05) is 20.3 Å². The second-order valence-electron chi connectivity index (χ2n) is 4.50. The van der Waals surface area contributed by atoms with Crippen LogP contribution in [-0.4, -0.2) is 25.4 Å². The van der Waals surface area contributed by atoms with E-state index >= 15 is 0 Å². The first-order valence-corrected chi connectivity index (χ1v) is 6.14. The average Bonchev–Trinajstić information content (AvgIpc) is 2.32. The maximum absolute atomic E-state index is 8.79. The fraction of sp³-hybridized carbons (Fsp3) is 0.571. The van der Waals surface area contributed by atoms with Gasteiger partial charge in [-0.25, -0.2) is 0 Å². The molecule has 0 saturated carbocycles. The number of benzene rings is 1. The Balaban J connectivity index is 2.27. The highest BCUT2D eigenvalue weighted by Crippen LogP contribution is 2.06. The quantitative estimate of drug-likeness (QED) is 0.726. The molecule has 0 radical (unpaired) electrons. The Bertz CT molecular complexity index is 298. The lowest BCUT2D eigenvalue weighted by molar-refractivity contribution is 0.185. The third-order valence-corrected chi connectivity index (χ3v) is 2.78. The summed E-state index contributed by atoms with van der Waals surface area (Å²) >= 11 is 0.